The van der Waals surface area contributed by atoms with Crippen molar-refractivity contribution in [2.45, 2.75) is 45.5 Å². The van der Waals surface area contributed by atoms with Gasteiger partial charge < -0.3 is 5.32 Å². The quantitative estimate of drug-likeness (QED) is 0.859. The van der Waals surface area contributed by atoms with Crippen molar-refractivity contribution in [1.29, 1.82) is 0 Å². The molecule has 1 unspecified atom stereocenters. The molecule has 0 saturated carbocycles. The Labute approximate surface area is 132 Å². The van der Waals surface area contributed by atoms with E-state index in [0.717, 1.165) is 11.0 Å². The summed E-state index contributed by atoms with van der Waals surface area (Å²) in [5, 5.41) is 2.60. The van der Waals surface area contributed by atoms with E-state index in [0.29, 0.717) is 6.42 Å². The topological polar surface area (TPSA) is 49.4 Å². The van der Waals surface area contributed by atoms with Gasteiger partial charge in [0, 0.05) is 0 Å². The van der Waals surface area contributed by atoms with Gasteiger partial charge in [0.25, 0.3) is 5.91 Å². The van der Waals surface area contributed by atoms with Gasteiger partial charge in [-0.25, -0.2) is 4.79 Å². The number of nitrogens with zero attached hydrogens (tertiary/aromatic N) is 1. The summed E-state index contributed by atoms with van der Waals surface area (Å²) in [6, 6.07) is 4.30. The second kappa shape index (κ2) is 5.86. The lowest BCUT2D eigenvalue weighted by Gasteiger charge is -2.24. The van der Waals surface area contributed by atoms with Gasteiger partial charge in [0.15, 0.2) is 0 Å². The zero-order chi connectivity index (χ0) is 17.4. The molecule has 1 aliphatic rings. The number of nitrogens with one attached hydrogen (secondary N) is 1. The predicted molar refractivity (Wildman–Crippen MR) is 78.4 cm³/mol. The van der Waals surface area contributed by atoms with Crippen molar-refractivity contribution in [3.8, 4) is 0 Å². The molecule has 0 spiro atoms. The minimum Gasteiger partial charge on any atom is -0.323 e. The van der Waals surface area contributed by atoms with Crippen LogP contribution in [0.25, 0.3) is 0 Å². The summed E-state index contributed by atoms with van der Waals surface area (Å²) in [5.74, 6) is -0.333. The molecular formula is C16H19F3N2O2. The lowest BCUT2D eigenvalue weighted by molar-refractivity contribution is -0.139. The Morgan fingerprint density at radius 2 is 1.83 bits per heavy atom. The Bertz CT molecular complexity index is 628. The molecule has 0 bridgehead atoms. The van der Waals surface area contributed by atoms with E-state index in [1.807, 2.05) is 13.8 Å². The Hall–Kier alpha value is -2.05. The molecule has 1 N–H and O–H groups in total. The molecule has 0 radical (unpaired) electrons. The summed E-state index contributed by atoms with van der Waals surface area (Å²) in [6.45, 7) is 5.02. The second-order valence-electron chi connectivity index (χ2n) is 6.41. The molecule has 4 nitrogen and oxygen atoms in total. The van der Waals surface area contributed by atoms with E-state index in [-0.39, 0.29) is 11.5 Å². The Morgan fingerprint density at radius 3 is 2.39 bits per heavy atom. The summed E-state index contributed by atoms with van der Waals surface area (Å²) in [5.41, 5.74) is -2.01. The maximum atomic E-state index is 13.0. The number of benzene rings is 1. The third-order valence-corrected chi connectivity index (χ3v) is 3.81. The van der Waals surface area contributed by atoms with E-state index in [2.05, 4.69) is 5.32 Å². The van der Waals surface area contributed by atoms with Crippen molar-refractivity contribution < 1.29 is 22.8 Å². The third-order valence-electron chi connectivity index (χ3n) is 3.81. The number of carbonyl (C=O) groups is 2. The fraction of sp³-hybridized carbons (Fsp3) is 0.500. The lowest BCUT2D eigenvalue weighted by atomic mass is 9.91. The molecule has 0 aliphatic carbocycles. The van der Waals surface area contributed by atoms with Crippen LogP contribution < -0.4 is 5.32 Å². The maximum Gasteiger partial charge on any atom is 0.416 e. The molecule has 1 aromatic rings. The number of hydrogen-bond acceptors (Lipinski definition) is 2. The summed E-state index contributed by atoms with van der Waals surface area (Å²) in [7, 11) is 0. The molecule has 7 heteroatoms. The van der Waals surface area contributed by atoms with Gasteiger partial charge in [-0.2, -0.15) is 13.2 Å². The molecule has 23 heavy (non-hydrogen) atoms. The van der Waals surface area contributed by atoms with Crippen molar-refractivity contribution in [1.82, 2.24) is 10.2 Å². The predicted octanol–water partition coefficient (Wildman–Crippen LogP) is 3.56. The summed E-state index contributed by atoms with van der Waals surface area (Å²) < 4.78 is 39.1. The third kappa shape index (κ3) is 3.48. The van der Waals surface area contributed by atoms with Crippen LogP contribution in [-0.4, -0.2) is 22.4 Å². The first-order valence-electron chi connectivity index (χ1n) is 7.34. The maximum absolute atomic E-state index is 13.0. The Balaban J connectivity index is 2.28. The number of carbonyl (C=O) groups excluding carboxylic acids is 2. The molecule has 1 fully saturated rings. The molecule has 1 atom stereocenters. The van der Waals surface area contributed by atoms with Gasteiger partial charge in [-0.05, 0) is 30.9 Å². The first-order valence-corrected chi connectivity index (χ1v) is 7.34. The molecule has 1 aromatic carbocycles. The van der Waals surface area contributed by atoms with E-state index < -0.39 is 35.8 Å². The van der Waals surface area contributed by atoms with Crippen LogP contribution in [-0.2, 0) is 17.5 Å². The fourth-order valence-corrected chi connectivity index (χ4v) is 2.95. The molecule has 2 rings (SSSR count). The highest BCUT2D eigenvalue weighted by atomic mass is 19.4. The highest BCUT2D eigenvalue weighted by Crippen LogP contribution is 2.33. The van der Waals surface area contributed by atoms with E-state index in [4.69, 9.17) is 0 Å². The highest BCUT2D eigenvalue weighted by molar-refractivity contribution is 6.06. The SMILES string of the molecule is CC(C)CC1(C)NC(=O)N(Cc2ccccc2C(F)(F)F)C1=O. The van der Waals surface area contributed by atoms with E-state index in [1.54, 1.807) is 6.92 Å². The summed E-state index contributed by atoms with van der Waals surface area (Å²) in [4.78, 5) is 25.4. The van der Waals surface area contributed by atoms with E-state index >= 15 is 0 Å². The summed E-state index contributed by atoms with van der Waals surface area (Å²) in [6.07, 6.45) is -4.11. The second-order valence-corrected chi connectivity index (χ2v) is 6.41. The van der Waals surface area contributed by atoms with Crippen LogP contribution in [0, 0.1) is 5.92 Å². The number of amides is 3. The van der Waals surface area contributed by atoms with Gasteiger partial charge in [-0.3, -0.25) is 9.69 Å². The average molecular weight is 328 g/mol. The van der Waals surface area contributed by atoms with E-state index in [9.17, 15) is 22.8 Å². The van der Waals surface area contributed by atoms with Crippen LogP contribution in [0.15, 0.2) is 24.3 Å². The molecule has 126 valence electrons. The smallest absolute Gasteiger partial charge is 0.323 e. The zero-order valence-electron chi connectivity index (χ0n) is 13.2. The van der Waals surface area contributed by atoms with Crippen molar-refractivity contribution in [3.05, 3.63) is 35.4 Å². The number of alkyl halides is 3. The normalized spacial score (nSPS) is 22.0. The van der Waals surface area contributed by atoms with Crippen LogP contribution >= 0.6 is 0 Å². The lowest BCUT2D eigenvalue weighted by Crippen LogP contribution is -2.44. The Kier molecular flexibility index (Phi) is 4.41. The minimum atomic E-state index is -4.53. The van der Waals surface area contributed by atoms with Gasteiger partial charge in [0.1, 0.15) is 5.54 Å². The van der Waals surface area contributed by atoms with Crippen molar-refractivity contribution in [2.24, 2.45) is 5.92 Å². The van der Waals surface area contributed by atoms with Crippen LogP contribution in [0.1, 0.15) is 38.3 Å². The average Bonchev–Trinajstić information content (AvgIpc) is 2.61. The van der Waals surface area contributed by atoms with Gasteiger partial charge in [-0.15, -0.1) is 0 Å². The van der Waals surface area contributed by atoms with Crippen LogP contribution in [0.4, 0.5) is 18.0 Å². The van der Waals surface area contributed by atoms with Gasteiger partial charge in [0.2, 0.25) is 0 Å². The van der Waals surface area contributed by atoms with Crippen molar-refractivity contribution in [3.63, 3.8) is 0 Å². The van der Waals surface area contributed by atoms with Gasteiger partial charge in [0.05, 0.1) is 12.1 Å². The molecule has 3 amide bonds. The van der Waals surface area contributed by atoms with Crippen LogP contribution in [0.3, 0.4) is 0 Å². The summed E-state index contributed by atoms with van der Waals surface area (Å²) >= 11 is 0. The monoisotopic (exact) mass is 328 g/mol. The molecule has 1 saturated heterocycles. The standard InChI is InChI=1S/C16H19F3N2O2/c1-10(2)8-15(3)13(22)21(14(23)20-15)9-11-6-4-5-7-12(11)16(17,18)19/h4-7,10H,8-9H2,1-3H3,(H,20,23). The fourth-order valence-electron chi connectivity index (χ4n) is 2.95. The van der Waals surface area contributed by atoms with Gasteiger partial charge >= 0.3 is 12.2 Å². The van der Waals surface area contributed by atoms with Gasteiger partial charge in [-0.1, -0.05) is 32.0 Å². The Morgan fingerprint density at radius 1 is 1.22 bits per heavy atom. The van der Waals surface area contributed by atoms with Crippen LogP contribution in [0.5, 0.6) is 0 Å². The number of halogens is 3. The number of rotatable bonds is 4. The first-order chi connectivity index (χ1) is 10.5. The van der Waals surface area contributed by atoms with Crippen LogP contribution in [0.2, 0.25) is 0 Å². The number of urea groups is 1. The molecule has 1 heterocycles. The highest BCUT2D eigenvalue weighted by Gasteiger charge is 2.48. The number of hydrogen-bond donors (Lipinski definition) is 1. The zero-order valence-corrected chi connectivity index (χ0v) is 13.2. The molecule has 1 aliphatic heterocycles. The molecule has 0 aromatic heterocycles. The molecular weight excluding hydrogens is 309 g/mol. The van der Waals surface area contributed by atoms with Crippen molar-refractivity contribution >= 4 is 11.9 Å². The number of imide groups is 1. The largest absolute Gasteiger partial charge is 0.416 e. The minimum absolute atomic E-state index is 0.0997. The van der Waals surface area contributed by atoms with E-state index in [1.165, 1.54) is 18.2 Å². The van der Waals surface area contributed by atoms with Crippen molar-refractivity contribution in [2.75, 3.05) is 0 Å². The first kappa shape index (κ1) is 17.3.